The molecule has 0 spiro atoms. The molecule has 108 valence electrons. The Kier molecular flexibility index (Phi) is 4.30. The summed E-state index contributed by atoms with van der Waals surface area (Å²) in [5.74, 6) is -0.303. The van der Waals surface area contributed by atoms with Gasteiger partial charge in [0, 0.05) is 5.69 Å². The summed E-state index contributed by atoms with van der Waals surface area (Å²) >= 11 is 0. The molecule has 1 aromatic heterocycles. The molecular formula is C13H13N5O3. The van der Waals surface area contributed by atoms with E-state index in [4.69, 9.17) is 10.8 Å². The first kappa shape index (κ1) is 14.3. The van der Waals surface area contributed by atoms with Gasteiger partial charge in [-0.1, -0.05) is 5.16 Å². The molecule has 0 aliphatic rings. The number of aromatic nitrogens is 2. The van der Waals surface area contributed by atoms with Gasteiger partial charge in [-0.05, 0) is 24.3 Å². The molecule has 1 heterocycles. The van der Waals surface area contributed by atoms with E-state index in [-0.39, 0.29) is 11.4 Å². The van der Waals surface area contributed by atoms with E-state index >= 15 is 0 Å². The summed E-state index contributed by atoms with van der Waals surface area (Å²) in [7, 11) is 1.41. The number of benzene rings is 1. The Bertz CT molecular complexity index is 670. The van der Waals surface area contributed by atoms with Crippen molar-refractivity contribution in [1.82, 2.24) is 9.97 Å². The molecule has 2 rings (SSSR count). The zero-order chi connectivity index (χ0) is 15.2. The zero-order valence-electron chi connectivity index (χ0n) is 11.1. The molecule has 4 N–H and O–H groups in total. The van der Waals surface area contributed by atoms with Gasteiger partial charge in [0.05, 0.1) is 17.3 Å². The van der Waals surface area contributed by atoms with Crippen molar-refractivity contribution in [2.75, 3.05) is 18.2 Å². The number of nitrogens with zero attached hydrogens (tertiary/aromatic N) is 3. The lowest BCUT2D eigenvalue weighted by Crippen LogP contribution is -2.05. The van der Waals surface area contributed by atoms with Crippen LogP contribution in [0.25, 0.3) is 0 Å². The van der Waals surface area contributed by atoms with Crippen LogP contribution >= 0.6 is 0 Å². The first-order chi connectivity index (χ1) is 10.1. The van der Waals surface area contributed by atoms with Crippen molar-refractivity contribution in [3.8, 4) is 0 Å². The average Bonchev–Trinajstić information content (AvgIpc) is 2.47. The molecule has 0 bridgehead atoms. The molecule has 0 aliphatic carbocycles. The van der Waals surface area contributed by atoms with E-state index in [1.54, 1.807) is 12.1 Å². The lowest BCUT2D eigenvalue weighted by molar-refractivity contribution is 0.0697. The molecule has 0 atom stereocenters. The third-order valence-electron chi connectivity index (χ3n) is 2.60. The molecule has 1 aromatic carbocycles. The number of nitrogens with one attached hydrogen (secondary N) is 1. The van der Waals surface area contributed by atoms with Crippen LogP contribution < -0.4 is 11.1 Å². The van der Waals surface area contributed by atoms with Crippen LogP contribution in [0.1, 0.15) is 15.9 Å². The van der Waals surface area contributed by atoms with Gasteiger partial charge >= 0.3 is 5.97 Å². The van der Waals surface area contributed by atoms with E-state index in [0.29, 0.717) is 17.1 Å². The van der Waals surface area contributed by atoms with Crippen LogP contribution in [0.4, 0.5) is 17.3 Å². The molecule has 0 saturated carbocycles. The quantitative estimate of drug-likeness (QED) is 0.562. The van der Waals surface area contributed by atoms with E-state index in [2.05, 4.69) is 25.3 Å². The Hall–Kier alpha value is -3.16. The van der Waals surface area contributed by atoms with E-state index in [1.165, 1.54) is 31.8 Å². The first-order valence-corrected chi connectivity index (χ1v) is 5.89. The zero-order valence-corrected chi connectivity index (χ0v) is 11.1. The molecule has 0 amide bonds. The number of oxime groups is 1. The number of hydrogen-bond acceptors (Lipinski definition) is 7. The minimum absolute atomic E-state index is 0.198. The second-order valence-electron chi connectivity index (χ2n) is 3.95. The monoisotopic (exact) mass is 287 g/mol. The number of nitrogen functional groups attached to an aromatic ring is 1. The van der Waals surface area contributed by atoms with Crippen LogP contribution in [0, 0.1) is 0 Å². The second kappa shape index (κ2) is 6.33. The Morgan fingerprint density at radius 1 is 1.38 bits per heavy atom. The van der Waals surface area contributed by atoms with Crippen molar-refractivity contribution in [2.45, 2.75) is 0 Å². The molecule has 0 fully saturated rings. The van der Waals surface area contributed by atoms with Crippen LogP contribution in [0.3, 0.4) is 0 Å². The maximum absolute atomic E-state index is 10.8. The van der Waals surface area contributed by atoms with Crippen molar-refractivity contribution in [3.05, 3.63) is 41.7 Å². The third kappa shape index (κ3) is 3.44. The molecule has 0 radical (unpaired) electrons. The summed E-state index contributed by atoms with van der Waals surface area (Å²) in [4.78, 5) is 23.4. The van der Waals surface area contributed by atoms with Gasteiger partial charge in [0.25, 0.3) is 0 Å². The SMILES string of the molecule is CO/N=C/c1c(N)ncnc1Nc1ccc(C(=O)O)cc1. The van der Waals surface area contributed by atoms with Gasteiger partial charge in [0.1, 0.15) is 25.1 Å². The summed E-state index contributed by atoms with van der Waals surface area (Å²) in [6, 6.07) is 6.22. The predicted molar refractivity (Wildman–Crippen MR) is 77.7 cm³/mol. The van der Waals surface area contributed by atoms with Crippen molar-refractivity contribution in [3.63, 3.8) is 0 Å². The molecule has 0 unspecified atom stereocenters. The van der Waals surface area contributed by atoms with Crippen LogP contribution in [0.5, 0.6) is 0 Å². The van der Waals surface area contributed by atoms with Gasteiger partial charge in [-0.3, -0.25) is 0 Å². The molecule has 8 nitrogen and oxygen atoms in total. The Labute approximate surface area is 120 Å². The molecular weight excluding hydrogens is 274 g/mol. The minimum Gasteiger partial charge on any atom is -0.478 e. The number of hydrogen-bond donors (Lipinski definition) is 3. The van der Waals surface area contributed by atoms with Gasteiger partial charge < -0.3 is 21.0 Å². The number of carboxylic acids is 1. The van der Waals surface area contributed by atoms with Gasteiger partial charge in [-0.2, -0.15) is 0 Å². The summed E-state index contributed by atoms with van der Waals surface area (Å²) in [5.41, 5.74) is 7.09. The summed E-state index contributed by atoms with van der Waals surface area (Å²) in [5, 5.41) is 15.5. The van der Waals surface area contributed by atoms with Gasteiger partial charge in [0.15, 0.2) is 0 Å². The average molecular weight is 287 g/mol. The molecule has 0 aliphatic heterocycles. The highest BCUT2D eigenvalue weighted by Crippen LogP contribution is 2.20. The number of carbonyl (C=O) groups is 1. The summed E-state index contributed by atoms with van der Waals surface area (Å²) in [6.07, 6.45) is 2.71. The maximum Gasteiger partial charge on any atom is 0.335 e. The number of carboxylic acid groups (broad SMARTS) is 1. The van der Waals surface area contributed by atoms with Crippen molar-refractivity contribution in [1.29, 1.82) is 0 Å². The summed E-state index contributed by atoms with van der Waals surface area (Å²) in [6.45, 7) is 0. The highest BCUT2D eigenvalue weighted by Gasteiger charge is 2.08. The van der Waals surface area contributed by atoms with Crippen molar-refractivity contribution >= 4 is 29.5 Å². The Morgan fingerprint density at radius 2 is 2.10 bits per heavy atom. The van der Waals surface area contributed by atoms with Crippen LogP contribution in [-0.4, -0.2) is 34.4 Å². The highest BCUT2D eigenvalue weighted by atomic mass is 16.6. The molecule has 0 saturated heterocycles. The lowest BCUT2D eigenvalue weighted by atomic mass is 10.2. The van der Waals surface area contributed by atoms with E-state index < -0.39 is 5.97 Å². The maximum atomic E-state index is 10.8. The van der Waals surface area contributed by atoms with Crippen LogP contribution in [0.2, 0.25) is 0 Å². The van der Waals surface area contributed by atoms with Gasteiger partial charge in [-0.25, -0.2) is 14.8 Å². The topological polar surface area (TPSA) is 123 Å². The number of anilines is 3. The largest absolute Gasteiger partial charge is 0.478 e. The van der Waals surface area contributed by atoms with Crippen LogP contribution in [0.15, 0.2) is 35.7 Å². The second-order valence-corrected chi connectivity index (χ2v) is 3.95. The molecule has 8 heteroatoms. The first-order valence-electron chi connectivity index (χ1n) is 5.89. The Balaban J connectivity index is 2.28. The molecule has 2 aromatic rings. The highest BCUT2D eigenvalue weighted by molar-refractivity contribution is 5.92. The fraction of sp³-hybridized carbons (Fsp3) is 0.0769. The number of rotatable bonds is 5. The van der Waals surface area contributed by atoms with Gasteiger partial charge in [-0.15, -0.1) is 0 Å². The fourth-order valence-corrected chi connectivity index (χ4v) is 1.57. The summed E-state index contributed by atoms with van der Waals surface area (Å²) < 4.78 is 0. The lowest BCUT2D eigenvalue weighted by Gasteiger charge is -2.09. The smallest absolute Gasteiger partial charge is 0.335 e. The third-order valence-corrected chi connectivity index (χ3v) is 2.60. The van der Waals surface area contributed by atoms with Crippen molar-refractivity contribution < 1.29 is 14.7 Å². The van der Waals surface area contributed by atoms with Crippen LogP contribution in [-0.2, 0) is 4.84 Å². The van der Waals surface area contributed by atoms with E-state index in [1.807, 2.05) is 0 Å². The number of nitrogens with two attached hydrogens (primary N) is 1. The van der Waals surface area contributed by atoms with E-state index in [9.17, 15) is 4.79 Å². The minimum atomic E-state index is -0.985. The van der Waals surface area contributed by atoms with Gasteiger partial charge in [0.2, 0.25) is 0 Å². The van der Waals surface area contributed by atoms with E-state index in [0.717, 1.165) is 0 Å². The molecule has 21 heavy (non-hydrogen) atoms. The predicted octanol–water partition coefficient (Wildman–Crippen LogP) is 1.48. The fourth-order valence-electron chi connectivity index (χ4n) is 1.57. The normalized spacial score (nSPS) is 10.5. The standard InChI is InChI=1S/C13H13N5O3/c1-21-17-6-10-11(14)15-7-16-12(10)18-9-4-2-8(3-5-9)13(19)20/h2-7H,1H3,(H,19,20)(H3,14,15,16,18)/b17-6+. The number of aromatic carboxylic acids is 1. The Morgan fingerprint density at radius 3 is 2.71 bits per heavy atom. The van der Waals surface area contributed by atoms with Crippen molar-refractivity contribution in [2.24, 2.45) is 5.16 Å².